The molecule has 1 unspecified atom stereocenters. The van der Waals surface area contributed by atoms with E-state index in [1.54, 1.807) is 0 Å². The van der Waals surface area contributed by atoms with Crippen LogP contribution in [0.4, 0.5) is 28.9 Å². The second-order valence-corrected chi connectivity index (χ2v) is 5.87. The lowest BCUT2D eigenvalue weighted by Gasteiger charge is -2.15. The number of halogens is 4. The van der Waals surface area contributed by atoms with Crippen molar-refractivity contribution in [2.45, 2.75) is 13.3 Å². The van der Waals surface area contributed by atoms with Gasteiger partial charge in [0, 0.05) is 11.8 Å². The van der Waals surface area contributed by atoms with Gasteiger partial charge in [-0.05, 0) is 18.6 Å². The molecule has 2 N–H and O–H groups in total. The summed E-state index contributed by atoms with van der Waals surface area (Å²) in [5.41, 5.74) is -2.63. The predicted octanol–water partition coefficient (Wildman–Crippen LogP) is 3.92. The molecule has 0 saturated carbocycles. The molecule has 1 atom stereocenters. The van der Waals surface area contributed by atoms with Crippen molar-refractivity contribution in [1.82, 2.24) is 0 Å². The number of carbonyl (C=O) groups is 2. The number of rotatable bonds is 7. The zero-order chi connectivity index (χ0) is 22.7. The number of carbonyl (C=O) groups excluding carboxylic acids is 1. The van der Waals surface area contributed by atoms with E-state index in [2.05, 4.69) is 4.99 Å². The maximum atomic E-state index is 14.0. The van der Waals surface area contributed by atoms with Gasteiger partial charge in [0.15, 0.2) is 35.0 Å². The van der Waals surface area contributed by atoms with Gasteiger partial charge in [-0.1, -0.05) is 6.92 Å². The normalized spacial score (nSPS) is 12.5. The number of hydrogen-bond donors (Lipinski definition) is 2. The van der Waals surface area contributed by atoms with E-state index in [0.29, 0.717) is 0 Å². The summed E-state index contributed by atoms with van der Waals surface area (Å²) < 4.78 is 54.0. The summed E-state index contributed by atoms with van der Waals surface area (Å²) in [5, 5.41) is 30.0. The molecule has 2 aromatic carbocycles. The molecule has 0 aromatic heterocycles. The van der Waals surface area contributed by atoms with Crippen molar-refractivity contribution in [2.75, 3.05) is 0 Å². The van der Waals surface area contributed by atoms with E-state index in [-0.39, 0.29) is 18.2 Å². The van der Waals surface area contributed by atoms with Crippen LogP contribution in [-0.2, 0) is 4.79 Å². The highest BCUT2D eigenvalue weighted by Gasteiger charge is 2.35. The maximum Gasteiger partial charge on any atom is 0.320 e. The van der Waals surface area contributed by atoms with Crippen molar-refractivity contribution >= 4 is 28.8 Å². The average Bonchev–Trinajstić information content (AvgIpc) is 2.69. The van der Waals surface area contributed by atoms with Crippen molar-refractivity contribution < 1.29 is 42.3 Å². The van der Waals surface area contributed by atoms with Gasteiger partial charge in [-0.15, -0.1) is 0 Å². The highest BCUT2D eigenvalue weighted by molar-refractivity contribution is 6.24. The minimum atomic E-state index is -2.29. The third-order valence-corrected chi connectivity index (χ3v) is 4.01. The summed E-state index contributed by atoms with van der Waals surface area (Å²) in [6, 6.07) is 2.69. The van der Waals surface area contributed by atoms with Crippen molar-refractivity contribution in [3.8, 4) is 5.75 Å². The minimum Gasteiger partial charge on any atom is -0.505 e. The zero-order valence-electron chi connectivity index (χ0n) is 15.0. The highest BCUT2D eigenvalue weighted by Crippen LogP contribution is 2.32. The molecule has 30 heavy (non-hydrogen) atoms. The number of nitrogens with zero attached hydrogens (tertiary/aromatic N) is 2. The maximum absolute atomic E-state index is 14.0. The standard InChI is InChI=1S/C18H12F4N2O6/c1-2-10(23-11-4-3-7(24(29)30)5-12(11)25)13(18(27)28)17(26)8-6-9(19)15(21)16(22)14(8)20/h3-6,13,25H,2H2,1H3,(H,27,28). The third kappa shape index (κ3) is 4.26. The topological polar surface area (TPSA) is 130 Å². The van der Waals surface area contributed by atoms with Gasteiger partial charge in [-0.2, -0.15) is 0 Å². The lowest BCUT2D eigenvalue weighted by molar-refractivity contribution is -0.384. The number of aliphatic imine (C=N–C) groups is 1. The molecule has 0 aliphatic heterocycles. The molecule has 158 valence electrons. The van der Waals surface area contributed by atoms with Gasteiger partial charge in [-0.25, -0.2) is 17.6 Å². The van der Waals surface area contributed by atoms with E-state index in [1.165, 1.54) is 6.92 Å². The Bertz CT molecular complexity index is 1090. The second kappa shape index (κ2) is 8.68. The summed E-state index contributed by atoms with van der Waals surface area (Å²) in [6.45, 7) is 1.35. The van der Waals surface area contributed by atoms with Crippen LogP contribution in [0.2, 0.25) is 0 Å². The van der Waals surface area contributed by atoms with Crippen LogP contribution in [0.25, 0.3) is 0 Å². The Morgan fingerprint density at radius 3 is 2.27 bits per heavy atom. The zero-order valence-corrected chi connectivity index (χ0v) is 15.0. The lowest BCUT2D eigenvalue weighted by Crippen LogP contribution is -2.32. The van der Waals surface area contributed by atoms with E-state index >= 15 is 0 Å². The Labute approximate surface area is 165 Å². The molecule has 0 heterocycles. The SMILES string of the molecule is CCC(=Nc1ccc([N+](=O)[O-])cc1O)C(C(=O)O)C(=O)c1cc(F)c(F)c(F)c1F. The summed E-state index contributed by atoms with van der Waals surface area (Å²) in [5.74, 6) is -14.8. The Hall–Kier alpha value is -3.83. The molecule has 0 aliphatic carbocycles. The molecule has 0 amide bonds. The summed E-state index contributed by atoms with van der Waals surface area (Å²) >= 11 is 0. The van der Waals surface area contributed by atoms with Crippen molar-refractivity contribution in [2.24, 2.45) is 10.9 Å². The number of nitro groups is 1. The molecule has 0 spiro atoms. The molecular weight excluding hydrogens is 416 g/mol. The van der Waals surface area contributed by atoms with E-state index in [1.807, 2.05) is 0 Å². The number of ketones is 1. The van der Waals surface area contributed by atoms with Crippen LogP contribution in [0.3, 0.4) is 0 Å². The molecule has 2 aromatic rings. The molecule has 0 fully saturated rings. The Kier molecular flexibility index (Phi) is 6.49. The average molecular weight is 428 g/mol. The number of phenols is 1. The molecular formula is C18H12F4N2O6. The molecule has 2 rings (SSSR count). The summed E-state index contributed by atoms with van der Waals surface area (Å²) in [6.07, 6.45) is -0.243. The van der Waals surface area contributed by atoms with Crippen molar-refractivity contribution in [3.05, 3.63) is 63.2 Å². The third-order valence-electron chi connectivity index (χ3n) is 4.01. The fraction of sp³-hybridized carbons (Fsp3) is 0.167. The number of aromatic hydroxyl groups is 1. The van der Waals surface area contributed by atoms with Crippen LogP contribution in [0.1, 0.15) is 23.7 Å². The largest absolute Gasteiger partial charge is 0.505 e. The molecule has 0 saturated heterocycles. The number of benzene rings is 2. The van der Waals surface area contributed by atoms with E-state index in [4.69, 9.17) is 0 Å². The van der Waals surface area contributed by atoms with Crippen LogP contribution in [-0.4, -0.2) is 32.6 Å². The molecule has 0 aliphatic rings. The molecule has 12 heteroatoms. The monoisotopic (exact) mass is 428 g/mol. The smallest absolute Gasteiger partial charge is 0.320 e. The minimum absolute atomic E-state index is 0.0304. The predicted molar refractivity (Wildman–Crippen MR) is 93.9 cm³/mol. The molecule has 0 bridgehead atoms. The quantitative estimate of drug-likeness (QED) is 0.100. The number of carboxylic acid groups (broad SMARTS) is 1. The first kappa shape index (κ1) is 22.5. The van der Waals surface area contributed by atoms with Gasteiger partial charge in [0.05, 0.1) is 16.6 Å². The van der Waals surface area contributed by atoms with Gasteiger partial charge in [-0.3, -0.25) is 24.7 Å². The summed E-state index contributed by atoms with van der Waals surface area (Å²) in [4.78, 5) is 37.9. The Morgan fingerprint density at radius 2 is 1.77 bits per heavy atom. The highest BCUT2D eigenvalue weighted by atomic mass is 19.2. The first-order valence-electron chi connectivity index (χ1n) is 8.14. The number of phenolic OH excluding ortho intramolecular Hbond substituents is 1. The number of non-ortho nitro benzene ring substituents is 1. The van der Waals surface area contributed by atoms with Crippen LogP contribution in [0.5, 0.6) is 5.75 Å². The molecule has 8 nitrogen and oxygen atoms in total. The van der Waals surface area contributed by atoms with Gasteiger partial charge >= 0.3 is 5.97 Å². The van der Waals surface area contributed by atoms with Crippen LogP contribution < -0.4 is 0 Å². The van der Waals surface area contributed by atoms with Crippen molar-refractivity contribution in [3.63, 3.8) is 0 Å². The number of hydrogen-bond acceptors (Lipinski definition) is 6. The van der Waals surface area contributed by atoms with E-state index in [0.717, 1.165) is 18.2 Å². The van der Waals surface area contributed by atoms with Gasteiger partial charge < -0.3 is 10.2 Å². The van der Waals surface area contributed by atoms with Gasteiger partial charge in [0.25, 0.3) is 5.69 Å². The van der Waals surface area contributed by atoms with Crippen LogP contribution >= 0.6 is 0 Å². The van der Waals surface area contributed by atoms with Gasteiger partial charge in [0.2, 0.25) is 0 Å². The Morgan fingerprint density at radius 1 is 1.13 bits per heavy atom. The van der Waals surface area contributed by atoms with E-state index in [9.17, 15) is 47.5 Å². The number of carboxylic acids is 1. The van der Waals surface area contributed by atoms with Crippen LogP contribution in [0, 0.1) is 39.3 Å². The number of aliphatic carboxylic acids is 1. The lowest BCUT2D eigenvalue weighted by atomic mass is 9.91. The molecule has 0 radical (unpaired) electrons. The van der Waals surface area contributed by atoms with Crippen LogP contribution in [0.15, 0.2) is 29.3 Å². The first-order valence-corrected chi connectivity index (χ1v) is 8.14. The van der Waals surface area contributed by atoms with E-state index < -0.39 is 68.6 Å². The fourth-order valence-corrected chi connectivity index (χ4v) is 2.54. The summed E-state index contributed by atoms with van der Waals surface area (Å²) in [7, 11) is 0. The number of Topliss-reactive ketones (excluding diaryl/α,β-unsaturated/α-hetero) is 1. The Balaban J connectivity index is 2.58. The number of nitro benzene ring substituents is 1. The fourth-order valence-electron chi connectivity index (χ4n) is 2.54. The van der Waals surface area contributed by atoms with Gasteiger partial charge in [0.1, 0.15) is 11.4 Å². The first-order chi connectivity index (χ1) is 14.0. The van der Waals surface area contributed by atoms with Crippen molar-refractivity contribution in [1.29, 1.82) is 0 Å². The second-order valence-electron chi connectivity index (χ2n) is 5.87.